The minimum atomic E-state index is -1.31. The van der Waals surface area contributed by atoms with E-state index in [4.69, 9.17) is 13.9 Å². The maximum atomic E-state index is 7.23. The zero-order valence-corrected chi connectivity index (χ0v) is 20.9. The Hall–Kier alpha value is -2.40. The molecular weight excluding hydrogens is 436 g/mol. The molecule has 175 valence electrons. The molecule has 1 aliphatic heterocycles. The molecule has 5 atom stereocenters. The Balaban J connectivity index is 1.30. The van der Waals surface area contributed by atoms with E-state index in [9.17, 15) is 0 Å². The van der Waals surface area contributed by atoms with Gasteiger partial charge in [-0.1, -0.05) is 72.8 Å². The third kappa shape index (κ3) is 4.47. The van der Waals surface area contributed by atoms with E-state index in [1.807, 2.05) is 0 Å². The van der Waals surface area contributed by atoms with Gasteiger partial charge in [-0.3, -0.25) is 0 Å². The van der Waals surface area contributed by atoms with Gasteiger partial charge in [-0.15, -0.1) is 0 Å². The highest BCUT2D eigenvalue weighted by atomic mass is 28.3. The Labute approximate surface area is 204 Å². The van der Waals surface area contributed by atoms with Crippen molar-refractivity contribution >= 4 is 19.4 Å². The van der Waals surface area contributed by atoms with Crippen LogP contribution < -0.4 is 15.1 Å². The van der Waals surface area contributed by atoms with Crippen molar-refractivity contribution in [2.75, 3.05) is 13.7 Å². The molecule has 1 heterocycles. The largest absolute Gasteiger partial charge is 0.496 e. The molecule has 3 aliphatic rings. The van der Waals surface area contributed by atoms with Crippen molar-refractivity contribution in [2.45, 2.75) is 44.3 Å². The van der Waals surface area contributed by atoms with Crippen LogP contribution in [0.5, 0.6) is 5.75 Å². The van der Waals surface area contributed by atoms with Crippen LogP contribution in [0.3, 0.4) is 0 Å². The summed E-state index contributed by atoms with van der Waals surface area (Å²) in [5.74, 6) is 2.98. The van der Waals surface area contributed by atoms with Crippen molar-refractivity contribution in [1.29, 1.82) is 0 Å². The Kier molecular flexibility index (Phi) is 6.29. The van der Waals surface area contributed by atoms with E-state index >= 15 is 0 Å². The second-order valence-electron chi connectivity index (χ2n) is 10.1. The van der Waals surface area contributed by atoms with Crippen molar-refractivity contribution < 1.29 is 13.9 Å². The summed E-state index contributed by atoms with van der Waals surface area (Å²) in [5.41, 5.74) is 2.90. The number of benzene rings is 3. The lowest BCUT2D eigenvalue weighted by atomic mass is 9.73. The SMILES string of the molecule is COc1cccc2c1C[C@H]1C[C@@H](O[Si](c3ccccc3)c3ccccc3)[C@H](CCC3CO3)[C@H]1C2. The van der Waals surface area contributed by atoms with Crippen molar-refractivity contribution in [3.63, 3.8) is 0 Å². The van der Waals surface area contributed by atoms with Gasteiger partial charge >= 0.3 is 0 Å². The highest BCUT2D eigenvalue weighted by Crippen LogP contribution is 2.49. The molecule has 1 saturated heterocycles. The molecule has 4 heteroatoms. The van der Waals surface area contributed by atoms with Gasteiger partial charge in [-0.2, -0.15) is 0 Å². The number of fused-ring (bicyclic) bond motifs is 2. The summed E-state index contributed by atoms with van der Waals surface area (Å²) in [5, 5.41) is 2.67. The summed E-state index contributed by atoms with van der Waals surface area (Å²) in [4.78, 5) is 0. The maximum Gasteiger partial charge on any atom is 0.283 e. The molecule has 0 N–H and O–H groups in total. The van der Waals surface area contributed by atoms with Crippen LogP contribution in [0.2, 0.25) is 0 Å². The molecular formula is C30H33O3Si. The molecule has 1 unspecified atom stereocenters. The fourth-order valence-electron chi connectivity index (χ4n) is 6.35. The first-order valence-electron chi connectivity index (χ1n) is 12.7. The van der Waals surface area contributed by atoms with Gasteiger partial charge in [0.25, 0.3) is 9.04 Å². The van der Waals surface area contributed by atoms with Gasteiger partial charge in [-0.25, -0.2) is 0 Å². The summed E-state index contributed by atoms with van der Waals surface area (Å²) in [6.07, 6.45) is 6.54. The Bertz CT molecular complexity index is 1060. The van der Waals surface area contributed by atoms with Gasteiger partial charge in [0.05, 0.1) is 19.8 Å². The standard InChI is InChI=1S/C30H33O3Si/c1-31-29-14-8-9-21-17-27-22(18-28(21)29)19-30(26(27)16-15-23-20-32-23)33-34(24-10-4-2-5-11-24)25-12-6-3-7-13-25/h2-14,22-23,26-27,30H,15-20H2,1H3/t22-,23?,26+,27-,30+/m0/s1. The Morgan fingerprint density at radius 3 is 2.21 bits per heavy atom. The molecule has 2 aliphatic carbocycles. The lowest BCUT2D eigenvalue weighted by Crippen LogP contribution is -2.48. The van der Waals surface area contributed by atoms with Crippen LogP contribution >= 0.6 is 0 Å². The van der Waals surface area contributed by atoms with Gasteiger partial charge in [0.2, 0.25) is 0 Å². The monoisotopic (exact) mass is 469 g/mol. The van der Waals surface area contributed by atoms with Gasteiger partial charge in [-0.05, 0) is 77.4 Å². The lowest BCUT2D eigenvalue weighted by molar-refractivity contribution is 0.134. The highest BCUT2D eigenvalue weighted by Gasteiger charge is 2.47. The van der Waals surface area contributed by atoms with Crippen molar-refractivity contribution in [3.8, 4) is 5.75 Å². The average molecular weight is 470 g/mol. The first kappa shape index (κ1) is 22.1. The predicted molar refractivity (Wildman–Crippen MR) is 137 cm³/mol. The van der Waals surface area contributed by atoms with E-state index in [1.165, 1.54) is 27.9 Å². The van der Waals surface area contributed by atoms with Crippen molar-refractivity contribution in [1.82, 2.24) is 0 Å². The summed E-state index contributed by atoms with van der Waals surface area (Å²) < 4.78 is 18.6. The molecule has 1 radical (unpaired) electrons. The predicted octanol–water partition coefficient (Wildman–Crippen LogP) is 4.42. The van der Waals surface area contributed by atoms with Gasteiger partial charge in [0.15, 0.2) is 0 Å². The van der Waals surface area contributed by atoms with Crippen LogP contribution in [-0.2, 0) is 22.0 Å². The fourth-order valence-corrected chi connectivity index (χ4v) is 8.52. The molecule has 0 spiro atoms. The molecule has 3 aromatic carbocycles. The van der Waals surface area contributed by atoms with E-state index in [0.29, 0.717) is 30.0 Å². The molecule has 0 bridgehead atoms. The normalized spacial score (nSPS) is 27.3. The van der Waals surface area contributed by atoms with Crippen LogP contribution in [0.1, 0.15) is 30.4 Å². The van der Waals surface area contributed by atoms with E-state index in [0.717, 1.165) is 38.0 Å². The van der Waals surface area contributed by atoms with E-state index in [-0.39, 0.29) is 0 Å². The van der Waals surface area contributed by atoms with Crippen LogP contribution in [-0.4, -0.2) is 35.0 Å². The topological polar surface area (TPSA) is 31.0 Å². The summed E-state index contributed by atoms with van der Waals surface area (Å²) in [6.45, 7) is 0.940. The van der Waals surface area contributed by atoms with Crippen LogP contribution in [0.15, 0.2) is 78.9 Å². The maximum absolute atomic E-state index is 7.23. The number of hydrogen-bond donors (Lipinski definition) is 0. The van der Waals surface area contributed by atoms with Crippen LogP contribution in [0, 0.1) is 17.8 Å². The molecule has 2 fully saturated rings. The van der Waals surface area contributed by atoms with E-state index in [1.54, 1.807) is 7.11 Å². The van der Waals surface area contributed by atoms with E-state index < -0.39 is 9.04 Å². The lowest BCUT2D eigenvalue weighted by Gasteiger charge is -2.33. The Morgan fingerprint density at radius 2 is 1.56 bits per heavy atom. The van der Waals surface area contributed by atoms with Gasteiger partial charge in [0, 0.05) is 6.10 Å². The number of rotatable bonds is 8. The summed E-state index contributed by atoms with van der Waals surface area (Å²) in [7, 11) is 0.486. The molecule has 0 amide bonds. The summed E-state index contributed by atoms with van der Waals surface area (Å²) in [6, 6.07) is 28.3. The Morgan fingerprint density at radius 1 is 0.853 bits per heavy atom. The molecule has 3 aromatic rings. The second-order valence-corrected chi connectivity index (χ2v) is 12.1. The quantitative estimate of drug-likeness (QED) is 0.362. The average Bonchev–Trinajstić information content (AvgIpc) is 3.66. The first-order chi connectivity index (χ1) is 16.8. The number of methoxy groups -OCH3 is 1. The first-order valence-corrected chi connectivity index (χ1v) is 14.1. The minimum Gasteiger partial charge on any atom is -0.496 e. The molecule has 34 heavy (non-hydrogen) atoms. The molecule has 3 nitrogen and oxygen atoms in total. The zero-order valence-electron chi connectivity index (χ0n) is 19.9. The number of epoxide rings is 1. The van der Waals surface area contributed by atoms with E-state index in [2.05, 4.69) is 78.9 Å². The van der Waals surface area contributed by atoms with Crippen molar-refractivity contribution in [2.24, 2.45) is 17.8 Å². The smallest absolute Gasteiger partial charge is 0.283 e. The molecule has 6 rings (SSSR count). The fraction of sp³-hybridized carbons (Fsp3) is 0.400. The third-order valence-electron chi connectivity index (χ3n) is 8.11. The second kappa shape index (κ2) is 9.69. The number of hydrogen-bond acceptors (Lipinski definition) is 3. The van der Waals surface area contributed by atoms with Crippen molar-refractivity contribution in [3.05, 3.63) is 90.0 Å². The number of ether oxygens (including phenoxy) is 2. The van der Waals surface area contributed by atoms with Gasteiger partial charge in [0.1, 0.15) is 5.75 Å². The van der Waals surface area contributed by atoms with Gasteiger partial charge < -0.3 is 13.9 Å². The van der Waals surface area contributed by atoms with Crippen LogP contribution in [0.4, 0.5) is 0 Å². The zero-order chi connectivity index (χ0) is 22.9. The highest BCUT2D eigenvalue weighted by molar-refractivity contribution is 6.80. The van der Waals surface area contributed by atoms with Crippen LogP contribution in [0.25, 0.3) is 0 Å². The third-order valence-corrected chi connectivity index (χ3v) is 10.4. The molecule has 1 saturated carbocycles. The minimum absolute atomic E-state index is 0.295. The summed E-state index contributed by atoms with van der Waals surface area (Å²) >= 11 is 0. The molecule has 0 aromatic heterocycles.